The van der Waals surface area contributed by atoms with Crippen molar-refractivity contribution >= 4 is 5.96 Å². The third kappa shape index (κ3) is 4.23. The van der Waals surface area contributed by atoms with Gasteiger partial charge in [-0.15, -0.1) is 0 Å². The molecule has 1 aromatic rings. The summed E-state index contributed by atoms with van der Waals surface area (Å²) in [5, 5.41) is 6.81. The Hall–Kier alpha value is -1.51. The van der Waals surface area contributed by atoms with Crippen LogP contribution in [0.1, 0.15) is 51.7 Å². The maximum absolute atomic E-state index is 4.84. The van der Waals surface area contributed by atoms with Crippen LogP contribution in [-0.4, -0.2) is 24.6 Å². The summed E-state index contributed by atoms with van der Waals surface area (Å²) in [5.41, 5.74) is 3.16. The van der Waals surface area contributed by atoms with E-state index in [1.807, 2.05) is 0 Å². The highest BCUT2D eigenvalue weighted by molar-refractivity contribution is 5.80. The van der Waals surface area contributed by atoms with Crippen LogP contribution in [0.2, 0.25) is 0 Å². The van der Waals surface area contributed by atoms with Gasteiger partial charge in [-0.1, -0.05) is 24.3 Å². The van der Waals surface area contributed by atoms with Crippen LogP contribution in [0.15, 0.2) is 29.3 Å². The molecule has 0 radical (unpaired) electrons. The normalized spacial score (nSPS) is 17.5. The lowest BCUT2D eigenvalue weighted by molar-refractivity contribution is 0.500. The Morgan fingerprint density at radius 3 is 2.43 bits per heavy atom. The van der Waals surface area contributed by atoms with E-state index in [4.69, 9.17) is 4.99 Å². The molecule has 0 heterocycles. The minimum atomic E-state index is 0.0282. The summed E-state index contributed by atoms with van der Waals surface area (Å²) in [7, 11) is 0. The van der Waals surface area contributed by atoms with Gasteiger partial charge in [0.15, 0.2) is 5.96 Å². The van der Waals surface area contributed by atoms with Crippen LogP contribution in [0.3, 0.4) is 0 Å². The molecule has 2 N–H and O–H groups in total. The third-order valence-electron chi connectivity index (χ3n) is 3.95. The summed E-state index contributed by atoms with van der Waals surface area (Å²) in [6, 6.07) is 8.73. The Bertz CT molecular complexity index is 507. The van der Waals surface area contributed by atoms with Crippen LogP contribution < -0.4 is 10.6 Å². The second-order valence-corrected chi connectivity index (χ2v) is 7.17. The Morgan fingerprint density at radius 2 is 1.90 bits per heavy atom. The molecule has 116 valence electrons. The van der Waals surface area contributed by atoms with Crippen LogP contribution in [0.25, 0.3) is 0 Å². The number of rotatable bonds is 4. The quantitative estimate of drug-likeness (QED) is 0.658. The Morgan fingerprint density at radius 1 is 1.24 bits per heavy atom. The summed E-state index contributed by atoms with van der Waals surface area (Å²) >= 11 is 0. The van der Waals surface area contributed by atoms with E-state index in [0.29, 0.717) is 0 Å². The van der Waals surface area contributed by atoms with Gasteiger partial charge in [-0.25, -0.2) is 0 Å². The number of hydrogen-bond acceptors (Lipinski definition) is 1. The zero-order valence-electron chi connectivity index (χ0n) is 14.1. The SMILES string of the molecule is CCNC(=NCC1(c2ccccc2C)CC1)NC(C)(C)C. The van der Waals surface area contributed by atoms with Crippen LogP contribution in [0.4, 0.5) is 0 Å². The van der Waals surface area contributed by atoms with Gasteiger partial charge in [0.2, 0.25) is 0 Å². The highest BCUT2D eigenvalue weighted by Crippen LogP contribution is 2.49. The van der Waals surface area contributed by atoms with Crippen molar-refractivity contribution in [2.75, 3.05) is 13.1 Å². The van der Waals surface area contributed by atoms with Crippen molar-refractivity contribution in [3.63, 3.8) is 0 Å². The van der Waals surface area contributed by atoms with E-state index in [-0.39, 0.29) is 11.0 Å². The first-order valence-electron chi connectivity index (χ1n) is 7.99. The van der Waals surface area contributed by atoms with E-state index < -0.39 is 0 Å². The molecule has 3 heteroatoms. The number of aryl methyl sites for hydroxylation is 1. The highest BCUT2D eigenvalue weighted by atomic mass is 15.2. The van der Waals surface area contributed by atoms with Crippen LogP contribution >= 0.6 is 0 Å². The van der Waals surface area contributed by atoms with Crippen molar-refractivity contribution in [2.24, 2.45) is 4.99 Å². The zero-order chi connectivity index (χ0) is 15.5. The number of nitrogens with one attached hydrogen (secondary N) is 2. The number of aliphatic imine (C=N–C) groups is 1. The maximum Gasteiger partial charge on any atom is 0.191 e. The number of guanidine groups is 1. The molecule has 2 rings (SSSR count). The summed E-state index contributed by atoms with van der Waals surface area (Å²) in [4.78, 5) is 4.84. The average molecular weight is 287 g/mol. The van der Waals surface area contributed by atoms with Gasteiger partial charge >= 0.3 is 0 Å². The minimum Gasteiger partial charge on any atom is -0.357 e. The summed E-state index contributed by atoms with van der Waals surface area (Å²) in [6.07, 6.45) is 2.49. The largest absolute Gasteiger partial charge is 0.357 e. The molecule has 0 aromatic heterocycles. The van der Waals surface area contributed by atoms with Crippen LogP contribution in [0.5, 0.6) is 0 Å². The van der Waals surface area contributed by atoms with E-state index in [2.05, 4.69) is 69.5 Å². The van der Waals surface area contributed by atoms with Crippen molar-refractivity contribution in [1.82, 2.24) is 10.6 Å². The molecule has 1 aliphatic rings. The molecular weight excluding hydrogens is 258 g/mol. The molecule has 0 saturated heterocycles. The first kappa shape index (κ1) is 15.9. The van der Waals surface area contributed by atoms with E-state index in [1.54, 1.807) is 0 Å². The predicted octanol–water partition coefficient (Wildman–Crippen LogP) is 3.38. The topological polar surface area (TPSA) is 36.4 Å². The fourth-order valence-electron chi connectivity index (χ4n) is 2.72. The minimum absolute atomic E-state index is 0.0282. The van der Waals surface area contributed by atoms with Gasteiger partial charge < -0.3 is 10.6 Å². The van der Waals surface area contributed by atoms with Crippen molar-refractivity contribution in [1.29, 1.82) is 0 Å². The van der Waals surface area contributed by atoms with Crippen molar-refractivity contribution in [2.45, 2.75) is 58.4 Å². The summed E-state index contributed by atoms with van der Waals surface area (Å²) in [5.74, 6) is 0.921. The maximum atomic E-state index is 4.84. The summed E-state index contributed by atoms with van der Waals surface area (Å²) < 4.78 is 0. The zero-order valence-corrected chi connectivity index (χ0v) is 14.1. The Balaban J connectivity index is 2.12. The predicted molar refractivity (Wildman–Crippen MR) is 91.0 cm³/mol. The smallest absolute Gasteiger partial charge is 0.191 e. The molecule has 0 amide bonds. The molecular formula is C18H29N3. The van der Waals surface area contributed by atoms with E-state index in [9.17, 15) is 0 Å². The van der Waals surface area contributed by atoms with E-state index in [0.717, 1.165) is 19.0 Å². The molecule has 3 nitrogen and oxygen atoms in total. The van der Waals surface area contributed by atoms with Crippen LogP contribution in [-0.2, 0) is 5.41 Å². The molecule has 0 unspecified atom stereocenters. The lowest BCUT2D eigenvalue weighted by Gasteiger charge is -2.24. The number of nitrogens with zero attached hydrogens (tertiary/aromatic N) is 1. The molecule has 1 fully saturated rings. The first-order valence-corrected chi connectivity index (χ1v) is 7.99. The van der Waals surface area contributed by atoms with Gasteiger partial charge in [-0.2, -0.15) is 0 Å². The lowest BCUT2D eigenvalue weighted by atomic mass is 9.92. The highest BCUT2D eigenvalue weighted by Gasteiger charge is 2.44. The molecule has 0 atom stereocenters. The lowest BCUT2D eigenvalue weighted by Crippen LogP contribution is -2.47. The molecule has 0 bridgehead atoms. The second-order valence-electron chi connectivity index (χ2n) is 7.17. The van der Waals surface area contributed by atoms with E-state index in [1.165, 1.54) is 24.0 Å². The van der Waals surface area contributed by atoms with Crippen LogP contribution in [0, 0.1) is 6.92 Å². The first-order chi connectivity index (χ1) is 9.86. The average Bonchev–Trinajstić information content (AvgIpc) is 3.16. The molecule has 21 heavy (non-hydrogen) atoms. The molecule has 1 aromatic carbocycles. The van der Waals surface area contributed by atoms with Gasteiger partial charge in [0.05, 0.1) is 6.54 Å². The second kappa shape index (κ2) is 6.08. The van der Waals surface area contributed by atoms with Gasteiger partial charge in [-0.05, 0) is 58.6 Å². The van der Waals surface area contributed by atoms with Crippen molar-refractivity contribution in [3.8, 4) is 0 Å². The van der Waals surface area contributed by atoms with Gasteiger partial charge in [0, 0.05) is 17.5 Å². The molecule has 0 spiro atoms. The molecule has 1 aliphatic carbocycles. The van der Waals surface area contributed by atoms with Crippen molar-refractivity contribution in [3.05, 3.63) is 35.4 Å². The molecule has 0 aliphatic heterocycles. The fraction of sp³-hybridized carbons (Fsp3) is 0.611. The Labute approximate surface area is 129 Å². The van der Waals surface area contributed by atoms with Gasteiger partial charge in [0.25, 0.3) is 0 Å². The molecule has 1 saturated carbocycles. The number of benzene rings is 1. The van der Waals surface area contributed by atoms with Gasteiger partial charge in [0.1, 0.15) is 0 Å². The van der Waals surface area contributed by atoms with E-state index >= 15 is 0 Å². The number of hydrogen-bond donors (Lipinski definition) is 2. The Kier molecular flexibility index (Phi) is 4.60. The third-order valence-corrected chi connectivity index (χ3v) is 3.95. The fourth-order valence-corrected chi connectivity index (χ4v) is 2.72. The van der Waals surface area contributed by atoms with Crippen molar-refractivity contribution < 1.29 is 0 Å². The van der Waals surface area contributed by atoms with Gasteiger partial charge in [-0.3, -0.25) is 4.99 Å². The monoisotopic (exact) mass is 287 g/mol. The standard InChI is InChI=1S/C18H29N3/c1-6-19-16(21-17(3,4)5)20-13-18(11-12-18)15-10-8-7-9-14(15)2/h7-10H,6,11-13H2,1-5H3,(H2,19,20,21). The summed E-state index contributed by atoms with van der Waals surface area (Å²) in [6.45, 7) is 12.5.